The molecule has 0 fully saturated rings. The normalized spacial score (nSPS) is 10.5. The number of benzene rings is 2. The Morgan fingerprint density at radius 2 is 1.09 bits per heavy atom. The molecule has 0 radical (unpaired) electrons. The Balaban J connectivity index is 2.30. The van der Waals surface area contributed by atoms with Crippen LogP contribution in [0.15, 0.2) is 36.4 Å². The molecule has 0 aliphatic heterocycles. The number of hydrogen-bond donors (Lipinski definition) is 0. The van der Waals surface area contributed by atoms with Crippen LogP contribution in [-0.2, 0) is 6.42 Å². The summed E-state index contributed by atoms with van der Waals surface area (Å²) >= 11 is 0. The van der Waals surface area contributed by atoms with E-state index in [2.05, 4.69) is 120 Å². The molecule has 184 valence electrons. The molecule has 2 aromatic carbocycles. The first-order valence-corrected chi connectivity index (χ1v) is 13.6. The zero-order chi connectivity index (χ0) is 25.6. The number of aryl methyl sites for hydroxylation is 1. The van der Waals surface area contributed by atoms with E-state index in [0.717, 1.165) is 28.7 Å². The van der Waals surface area contributed by atoms with Gasteiger partial charge in [-0.05, 0) is 60.2 Å². The van der Waals surface area contributed by atoms with E-state index in [1.54, 1.807) is 0 Å². The van der Waals surface area contributed by atoms with Crippen molar-refractivity contribution >= 4 is 0 Å². The van der Waals surface area contributed by atoms with Gasteiger partial charge in [-0.2, -0.15) is 0 Å². The lowest BCUT2D eigenvalue weighted by Gasteiger charge is -2.13. The van der Waals surface area contributed by atoms with Gasteiger partial charge in [0.1, 0.15) is 0 Å². The summed E-state index contributed by atoms with van der Waals surface area (Å²) in [6.45, 7) is 15.3. The molecule has 0 bridgehead atoms. The van der Waals surface area contributed by atoms with Crippen molar-refractivity contribution < 1.29 is 0 Å². The Kier molecular flexibility index (Phi) is 12.3. The summed E-state index contributed by atoms with van der Waals surface area (Å²) in [6.07, 6.45) is 9.09. The molecule has 0 amide bonds. The molecule has 0 aliphatic rings. The molecular formula is C35H44. The maximum Gasteiger partial charge on any atom is 0.0273 e. The Hall–Kier alpha value is -2.88. The summed E-state index contributed by atoms with van der Waals surface area (Å²) in [4.78, 5) is 0. The fourth-order valence-corrected chi connectivity index (χ4v) is 4.00. The third-order valence-corrected chi connectivity index (χ3v) is 5.86. The van der Waals surface area contributed by atoms with Crippen molar-refractivity contribution in [3.8, 4) is 35.5 Å². The van der Waals surface area contributed by atoms with Gasteiger partial charge < -0.3 is 0 Å². The minimum Gasteiger partial charge on any atom is -0.0951 e. The molecule has 0 saturated carbocycles. The standard InChI is InChI=1S/C35H44/c1-8-9-10-11-12-13-14-34-26-30(21-22-35(34)29(6)7)19-20-33-24-31(17-15-27(2)3)23-32(25-33)18-16-28(4)5/h21-29H,8-14H2,1-7H3. The average Bonchev–Trinajstić information content (AvgIpc) is 2.82. The summed E-state index contributed by atoms with van der Waals surface area (Å²) in [5.74, 6) is 21.1. The second-order valence-electron chi connectivity index (χ2n) is 10.5. The maximum atomic E-state index is 3.42. The summed E-state index contributed by atoms with van der Waals surface area (Å²) in [6, 6.07) is 13.0. The van der Waals surface area contributed by atoms with Crippen LogP contribution in [0.25, 0.3) is 0 Å². The van der Waals surface area contributed by atoms with Crippen molar-refractivity contribution in [2.75, 3.05) is 0 Å². The molecule has 0 N–H and O–H groups in total. The first-order valence-electron chi connectivity index (χ1n) is 13.6. The van der Waals surface area contributed by atoms with Crippen molar-refractivity contribution in [2.24, 2.45) is 11.8 Å². The fraction of sp³-hybridized carbons (Fsp3) is 0.486. The van der Waals surface area contributed by atoms with Crippen LogP contribution in [0.4, 0.5) is 0 Å². The number of unbranched alkanes of at least 4 members (excludes halogenated alkanes) is 5. The first-order chi connectivity index (χ1) is 16.8. The molecule has 0 unspecified atom stereocenters. The number of hydrogen-bond acceptors (Lipinski definition) is 0. The zero-order valence-corrected chi connectivity index (χ0v) is 23.1. The highest BCUT2D eigenvalue weighted by atomic mass is 14.1. The van der Waals surface area contributed by atoms with Gasteiger partial charge in [-0.3, -0.25) is 0 Å². The predicted molar refractivity (Wildman–Crippen MR) is 153 cm³/mol. The smallest absolute Gasteiger partial charge is 0.0273 e. The average molecular weight is 465 g/mol. The van der Waals surface area contributed by atoms with E-state index < -0.39 is 0 Å². The van der Waals surface area contributed by atoms with Gasteiger partial charge in [0.2, 0.25) is 0 Å². The van der Waals surface area contributed by atoms with Crippen LogP contribution in [0.5, 0.6) is 0 Å². The molecule has 0 spiro atoms. The highest BCUT2D eigenvalue weighted by Gasteiger charge is 2.07. The summed E-state index contributed by atoms with van der Waals surface area (Å²) in [5, 5.41) is 0. The molecule has 0 heteroatoms. The molecule has 2 aromatic rings. The van der Waals surface area contributed by atoms with Crippen LogP contribution >= 0.6 is 0 Å². The van der Waals surface area contributed by atoms with Crippen LogP contribution in [0, 0.1) is 47.4 Å². The highest BCUT2D eigenvalue weighted by Crippen LogP contribution is 2.23. The fourth-order valence-electron chi connectivity index (χ4n) is 4.00. The van der Waals surface area contributed by atoms with Crippen molar-refractivity contribution in [3.05, 3.63) is 69.8 Å². The van der Waals surface area contributed by atoms with Crippen molar-refractivity contribution in [1.29, 1.82) is 0 Å². The molecule has 35 heavy (non-hydrogen) atoms. The molecular weight excluding hydrogens is 420 g/mol. The Morgan fingerprint density at radius 1 is 0.571 bits per heavy atom. The van der Waals surface area contributed by atoms with Crippen molar-refractivity contribution in [3.63, 3.8) is 0 Å². The van der Waals surface area contributed by atoms with Gasteiger partial charge in [-0.15, -0.1) is 0 Å². The van der Waals surface area contributed by atoms with E-state index in [1.807, 2.05) is 0 Å². The third-order valence-electron chi connectivity index (χ3n) is 5.86. The second-order valence-corrected chi connectivity index (χ2v) is 10.5. The minimum absolute atomic E-state index is 0.333. The molecule has 0 saturated heterocycles. The van der Waals surface area contributed by atoms with Crippen LogP contribution in [-0.4, -0.2) is 0 Å². The summed E-state index contributed by atoms with van der Waals surface area (Å²) in [5.41, 5.74) is 6.95. The van der Waals surface area contributed by atoms with E-state index >= 15 is 0 Å². The summed E-state index contributed by atoms with van der Waals surface area (Å²) < 4.78 is 0. The largest absolute Gasteiger partial charge is 0.0951 e. The van der Waals surface area contributed by atoms with E-state index in [0.29, 0.717) is 17.8 Å². The molecule has 0 aliphatic carbocycles. The lowest BCUT2D eigenvalue weighted by atomic mass is 9.92. The Morgan fingerprint density at radius 3 is 1.63 bits per heavy atom. The predicted octanol–water partition coefficient (Wildman–Crippen LogP) is 9.13. The maximum absolute atomic E-state index is 3.42. The quantitative estimate of drug-likeness (QED) is 0.270. The van der Waals surface area contributed by atoms with E-state index in [9.17, 15) is 0 Å². The van der Waals surface area contributed by atoms with Gasteiger partial charge in [-0.25, -0.2) is 0 Å². The Bertz CT molecular complexity index is 1080. The van der Waals surface area contributed by atoms with Gasteiger partial charge >= 0.3 is 0 Å². The van der Waals surface area contributed by atoms with E-state index in [-0.39, 0.29) is 0 Å². The first kappa shape index (κ1) is 28.4. The monoisotopic (exact) mass is 464 g/mol. The molecule has 0 aromatic heterocycles. The zero-order valence-electron chi connectivity index (χ0n) is 23.1. The van der Waals surface area contributed by atoms with Gasteiger partial charge in [0.05, 0.1) is 0 Å². The van der Waals surface area contributed by atoms with E-state index in [1.165, 1.54) is 49.7 Å². The van der Waals surface area contributed by atoms with Crippen molar-refractivity contribution in [1.82, 2.24) is 0 Å². The van der Waals surface area contributed by atoms with Crippen LogP contribution < -0.4 is 0 Å². The highest BCUT2D eigenvalue weighted by molar-refractivity contribution is 5.53. The van der Waals surface area contributed by atoms with Gasteiger partial charge in [0.25, 0.3) is 0 Å². The molecule has 2 rings (SSSR count). The van der Waals surface area contributed by atoms with Crippen LogP contribution in [0.3, 0.4) is 0 Å². The summed E-state index contributed by atoms with van der Waals surface area (Å²) in [7, 11) is 0. The van der Waals surface area contributed by atoms with Gasteiger partial charge in [0.15, 0.2) is 0 Å². The SMILES string of the molecule is CCCCCCCCc1cc(C#Cc2cc(C#CC(C)C)cc(C#CC(C)C)c2)ccc1C(C)C. The van der Waals surface area contributed by atoms with Crippen molar-refractivity contribution in [2.45, 2.75) is 99.3 Å². The number of rotatable bonds is 8. The third kappa shape index (κ3) is 10.9. The second kappa shape index (κ2) is 15.2. The lowest BCUT2D eigenvalue weighted by Crippen LogP contribution is -1.98. The van der Waals surface area contributed by atoms with E-state index in [4.69, 9.17) is 0 Å². The lowest BCUT2D eigenvalue weighted by molar-refractivity contribution is 0.605. The molecule has 0 atom stereocenters. The molecule has 0 heterocycles. The topological polar surface area (TPSA) is 0 Å². The molecule has 0 nitrogen and oxygen atoms in total. The van der Waals surface area contributed by atoms with Crippen LogP contribution in [0.1, 0.15) is 126 Å². The van der Waals surface area contributed by atoms with Crippen LogP contribution in [0.2, 0.25) is 0 Å². The minimum atomic E-state index is 0.333. The Labute approximate surface area is 216 Å². The van der Waals surface area contributed by atoms with Gasteiger partial charge in [-0.1, -0.05) is 122 Å². The van der Waals surface area contributed by atoms with Gasteiger partial charge in [0, 0.05) is 34.1 Å².